The number of ether oxygens (including phenoxy) is 2. The van der Waals surface area contributed by atoms with Gasteiger partial charge in [0.25, 0.3) is 0 Å². The minimum atomic E-state index is -1.57. The van der Waals surface area contributed by atoms with Gasteiger partial charge in [-0.05, 0) is 57.8 Å². The van der Waals surface area contributed by atoms with Crippen LogP contribution in [0.25, 0.3) is 0 Å². The van der Waals surface area contributed by atoms with Gasteiger partial charge in [0.15, 0.2) is 6.29 Å². The third kappa shape index (κ3) is 41.4. The Morgan fingerprint density at radius 3 is 1.21 bits per heavy atom. The lowest BCUT2D eigenvalue weighted by Crippen LogP contribution is -2.60. The van der Waals surface area contributed by atoms with Crippen LogP contribution in [-0.2, 0) is 14.3 Å². The molecule has 0 spiro atoms. The minimum Gasteiger partial charge on any atom is -0.394 e. The second-order valence-electron chi connectivity index (χ2n) is 21.5. The summed E-state index contributed by atoms with van der Waals surface area (Å²) in [6.07, 6.45) is 61.4. The molecule has 0 aliphatic carbocycles. The molecule has 0 aromatic carbocycles. The van der Waals surface area contributed by atoms with Crippen molar-refractivity contribution in [3.63, 3.8) is 0 Å². The lowest BCUT2D eigenvalue weighted by atomic mass is 9.99. The van der Waals surface area contributed by atoms with Gasteiger partial charge in [-0.3, -0.25) is 4.79 Å². The number of allylic oxidation sites excluding steroid dienone is 5. The molecule has 1 aliphatic rings. The van der Waals surface area contributed by atoms with E-state index in [1.54, 1.807) is 6.08 Å². The van der Waals surface area contributed by atoms with Crippen molar-refractivity contribution in [1.29, 1.82) is 0 Å². The Morgan fingerprint density at radius 1 is 0.465 bits per heavy atom. The van der Waals surface area contributed by atoms with Gasteiger partial charge in [0.2, 0.25) is 5.91 Å². The Hall–Kier alpha value is -1.59. The molecular weight excluding hydrogens is 887 g/mol. The molecule has 0 saturated carbocycles. The van der Waals surface area contributed by atoms with E-state index in [9.17, 15) is 30.3 Å². The molecule has 0 radical (unpaired) electrons. The maximum absolute atomic E-state index is 13.0. The van der Waals surface area contributed by atoms with Crippen LogP contribution in [0.2, 0.25) is 0 Å². The normalized spacial score (nSPS) is 19.5. The molecule has 0 aromatic rings. The molecule has 71 heavy (non-hydrogen) atoms. The zero-order valence-corrected chi connectivity index (χ0v) is 46.5. The summed E-state index contributed by atoms with van der Waals surface area (Å²) in [5.41, 5.74) is 0. The Kier molecular flexibility index (Phi) is 49.3. The van der Waals surface area contributed by atoms with Crippen LogP contribution >= 0.6 is 0 Å². The Balaban J connectivity index is 1.99. The quantitative estimate of drug-likeness (QED) is 0.0261. The summed E-state index contributed by atoms with van der Waals surface area (Å²) in [5.74, 6) is -0.186. The van der Waals surface area contributed by atoms with Crippen molar-refractivity contribution >= 4 is 5.91 Å². The van der Waals surface area contributed by atoms with Crippen LogP contribution in [0.15, 0.2) is 36.5 Å². The summed E-state index contributed by atoms with van der Waals surface area (Å²) in [6, 6.07) is -0.818. The van der Waals surface area contributed by atoms with Crippen molar-refractivity contribution in [2.75, 3.05) is 13.2 Å². The summed E-state index contributed by atoms with van der Waals surface area (Å²) in [6.45, 7) is 3.73. The highest BCUT2D eigenvalue weighted by molar-refractivity contribution is 5.76. The molecular formula is C62H117NO8. The molecule has 1 rings (SSSR count). The molecule has 1 heterocycles. The van der Waals surface area contributed by atoms with Crippen LogP contribution in [0.4, 0.5) is 0 Å². The van der Waals surface area contributed by atoms with E-state index in [2.05, 4.69) is 43.5 Å². The van der Waals surface area contributed by atoms with Gasteiger partial charge in [-0.1, -0.05) is 269 Å². The third-order valence-corrected chi connectivity index (χ3v) is 14.7. The number of hydrogen-bond donors (Lipinski definition) is 6. The SMILES string of the molecule is CCCCC/C=C/CC/C=C/C(O)C(COC1OC(CO)C(O)C(O)C1O)NC(=O)CCCCCCCCCCCCCCCCCCC/C=C\CCCCCCCCCCCCCCCCCCCC. The maximum Gasteiger partial charge on any atom is 0.220 e. The fourth-order valence-corrected chi connectivity index (χ4v) is 9.82. The Labute approximate surface area is 438 Å². The largest absolute Gasteiger partial charge is 0.394 e. The fourth-order valence-electron chi connectivity index (χ4n) is 9.82. The molecule has 418 valence electrons. The summed E-state index contributed by atoms with van der Waals surface area (Å²) in [5, 5.41) is 54.2. The van der Waals surface area contributed by atoms with Gasteiger partial charge >= 0.3 is 0 Å². The highest BCUT2D eigenvalue weighted by Crippen LogP contribution is 2.23. The first-order chi connectivity index (χ1) is 34.8. The smallest absolute Gasteiger partial charge is 0.220 e. The maximum atomic E-state index is 13.0. The topological polar surface area (TPSA) is 149 Å². The molecule has 6 N–H and O–H groups in total. The number of nitrogens with one attached hydrogen (secondary N) is 1. The molecule has 0 aromatic heterocycles. The molecule has 0 bridgehead atoms. The highest BCUT2D eigenvalue weighted by Gasteiger charge is 2.44. The average Bonchev–Trinajstić information content (AvgIpc) is 3.37. The molecule has 9 heteroatoms. The summed E-state index contributed by atoms with van der Waals surface area (Å²) in [7, 11) is 0. The van der Waals surface area contributed by atoms with Gasteiger partial charge in [0.1, 0.15) is 24.4 Å². The van der Waals surface area contributed by atoms with Gasteiger partial charge in [0.05, 0.1) is 25.4 Å². The van der Waals surface area contributed by atoms with Gasteiger partial charge in [-0.2, -0.15) is 0 Å². The van der Waals surface area contributed by atoms with E-state index in [-0.39, 0.29) is 12.5 Å². The predicted octanol–water partition coefficient (Wildman–Crippen LogP) is 15.5. The number of unbranched alkanes of at least 4 members (excludes halogenated alkanes) is 39. The number of amides is 1. The zero-order valence-electron chi connectivity index (χ0n) is 46.5. The summed E-state index contributed by atoms with van der Waals surface area (Å²) in [4.78, 5) is 13.0. The first-order valence-electron chi connectivity index (χ1n) is 30.7. The summed E-state index contributed by atoms with van der Waals surface area (Å²) < 4.78 is 11.2. The van der Waals surface area contributed by atoms with E-state index in [1.807, 2.05) is 6.08 Å². The first kappa shape index (κ1) is 67.4. The second-order valence-corrected chi connectivity index (χ2v) is 21.5. The number of hydrogen-bond acceptors (Lipinski definition) is 8. The molecule has 1 saturated heterocycles. The van der Waals surface area contributed by atoms with Crippen molar-refractivity contribution in [2.24, 2.45) is 0 Å². The standard InChI is InChI=1S/C62H117NO8/c1-3-5-7-9-11-13-14-15-16-17-18-19-20-21-22-23-24-25-26-27-28-29-30-31-32-33-34-35-36-37-38-39-40-41-42-44-46-48-50-52-58(66)63-55(56(65)51-49-47-45-43-12-10-8-6-4-2)54-70-62-61(69)60(68)59(67)57(53-64)71-62/h12,27-28,43,49,51,55-57,59-62,64-65,67-69H,3-11,13-26,29-42,44-48,50,52-54H2,1-2H3,(H,63,66)/b28-27-,43-12+,51-49+. The van der Waals surface area contributed by atoms with E-state index < -0.39 is 49.5 Å². The predicted molar refractivity (Wildman–Crippen MR) is 300 cm³/mol. The first-order valence-corrected chi connectivity index (χ1v) is 30.7. The van der Waals surface area contributed by atoms with Crippen molar-refractivity contribution in [3.05, 3.63) is 36.5 Å². The molecule has 1 aliphatic heterocycles. The van der Waals surface area contributed by atoms with Crippen LogP contribution in [0.1, 0.15) is 296 Å². The molecule has 7 atom stereocenters. The van der Waals surface area contributed by atoms with Gasteiger partial charge in [-0.25, -0.2) is 0 Å². The van der Waals surface area contributed by atoms with Gasteiger partial charge in [-0.15, -0.1) is 0 Å². The van der Waals surface area contributed by atoms with Crippen molar-refractivity contribution in [3.8, 4) is 0 Å². The van der Waals surface area contributed by atoms with Crippen molar-refractivity contribution in [2.45, 2.75) is 339 Å². The lowest BCUT2D eigenvalue weighted by Gasteiger charge is -2.40. The van der Waals surface area contributed by atoms with Gasteiger partial charge in [0, 0.05) is 6.42 Å². The molecule has 1 fully saturated rings. The zero-order chi connectivity index (χ0) is 51.5. The van der Waals surface area contributed by atoms with Crippen LogP contribution in [0, 0.1) is 0 Å². The Morgan fingerprint density at radius 2 is 0.803 bits per heavy atom. The molecule has 7 unspecified atom stereocenters. The van der Waals surface area contributed by atoms with Crippen LogP contribution < -0.4 is 5.32 Å². The molecule has 9 nitrogen and oxygen atoms in total. The lowest BCUT2D eigenvalue weighted by molar-refractivity contribution is -0.302. The molecule has 1 amide bonds. The second kappa shape index (κ2) is 51.9. The van der Waals surface area contributed by atoms with E-state index in [0.29, 0.717) is 6.42 Å². The van der Waals surface area contributed by atoms with Crippen molar-refractivity contribution < 1.29 is 39.8 Å². The number of carbonyl (C=O) groups excluding carboxylic acids is 1. The van der Waals surface area contributed by atoms with Gasteiger partial charge < -0.3 is 40.3 Å². The highest BCUT2D eigenvalue weighted by atomic mass is 16.7. The van der Waals surface area contributed by atoms with Crippen LogP contribution in [-0.4, -0.2) is 87.5 Å². The number of aliphatic hydroxyl groups excluding tert-OH is 5. The number of rotatable bonds is 53. The number of carbonyl (C=O) groups is 1. The number of aliphatic hydroxyl groups is 5. The van der Waals surface area contributed by atoms with E-state index in [1.165, 1.54) is 238 Å². The van der Waals surface area contributed by atoms with E-state index in [0.717, 1.165) is 38.5 Å². The van der Waals surface area contributed by atoms with E-state index >= 15 is 0 Å². The average molecular weight is 1000 g/mol. The Bertz CT molecular complexity index is 1210. The third-order valence-electron chi connectivity index (χ3n) is 14.7. The van der Waals surface area contributed by atoms with E-state index in [4.69, 9.17) is 9.47 Å². The van der Waals surface area contributed by atoms with Crippen molar-refractivity contribution in [1.82, 2.24) is 5.32 Å². The summed E-state index contributed by atoms with van der Waals surface area (Å²) >= 11 is 0. The fraction of sp³-hybridized carbons (Fsp3) is 0.887. The minimum absolute atomic E-state index is 0.186. The van der Waals surface area contributed by atoms with Crippen LogP contribution in [0.5, 0.6) is 0 Å². The van der Waals surface area contributed by atoms with Crippen LogP contribution in [0.3, 0.4) is 0 Å². The monoisotopic (exact) mass is 1000 g/mol.